The van der Waals surface area contributed by atoms with Crippen molar-refractivity contribution in [1.82, 2.24) is 0 Å². The molecule has 0 aliphatic heterocycles. The Labute approximate surface area is 101 Å². The Balaban J connectivity index is 2.28. The summed E-state index contributed by atoms with van der Waals surface area (Å²) in [4.78, 5) is 12.3. The Morgan fingerprint density at radius 3 is 2.53 bits per heavy atom. The summed E-state index contributed by atoms with van der Waals surface area (Å²) in [5, 5.41) is 0. The largest absolute Gasteiger partial charge is 0.289 e. The number of rotatable bonds is 0. The minimum Gasteiger partial charge on any atom is -0.289 e. The predicted octanol–water partition coefficient (Wildman–Crippen LogP) is 3.71. The lowest BCUT2D eigenvalue weighted by molar-refractivity contribution is 0.104. The normalized spacial score (nSPS) is 21.5. The first-order valence-electron chi connectivity index (χ1n) is 5.94. The van der Waals surface area contributed by atoms with Crippen molar-refractivity contribution in [3.8, 4) is 0 Å². The van der Waals surface area contributed by atoms with Crippen molar-refractivity contribution in [3.05, 3.63) is 64.8 Å². The maximum Gasteiger partial charge on any atom is 0.194 e. The van der Waals surface area contributed by atoms with Gasteiger partial charge in [0.2, 0.25) is 0 Å². The molecule has 0 saturated heterocycles. The SMILES string of the molecule is Cc1cccc2c1C1=C(C=CC(C)C=C1)C2=O. The lowest BCUT2D eigenvalue weighted by Crippen LogP contribution is -1.97. The minimum absolute atomic E-state index is 0.161. The van der Waals surface area contributed by atoms with Gasteiger partial charge in [-0.3, -0.25) is 4.79 Å². The summed E-state index contributed by atoms with van der Waals surface area (Å²) >= 11 is 0. The number of carbonyl (C=O) groups is 1. The first-order chi connectivity index (χ1) is 8.18. The Bertz CT molecular complexity index is 600. The van der Waals surface area contributed by atoms with Crippen molar-refractivity contribution in [2.75, 3.05) is 0 Å². The fourth-order valence-corrected chi connectivity index (χ4v) is 2.52. The highest BCUT2D eigenvalue weighted by molar-refractivity contribution is 6.24. The monoisotopic (exact) mass is 222 g/mol. The summed E-state index contributed by atoms with van der Waals surface area (Å²) in [6.45, 7) is 4.19. The molecule has 0 spiro atoms. The molecule has 2 aliphatic rings. The zero-order valence-electron chi connectivity index (χ0n) is 10.0. The van der Waals surface area contributed by atoms with Crippen molar-refractivity contribution in [1.29, 1.82) is 0 Å². The third-order valence-corrected chi connectivity index (χ3v) is 3.45. The zero-order chi connectivity index (χ0) is 12.0. The average Bonchev–Trinajstić information content (AvgIpc) is 2.46. The maximum absolute atomic E-state index is 12.3. The fourth-order valence-electron chi connectivity index (χ4n) is 2.52. The van der Waals surface area contributed by atoms with Gasteiger partial charge in [0, 0.05) is 11.1 Å². The molecule has 0 heterocycles. The van der Waals surface area contributed by atoms with Gasteiger partial charge in [-0.2, -0.15) is 0 Å². The number of ketones is 1. The summed E-state index contributed by atoms with van der Waals surface area (Å²) in [7, 11) is 0. The molecule has 17 heavy (non-hydrogen) atoms. The smallest absolute Gasteiger partial charge is 0.194 e. The van der Waals surface area contributed by atoms with E-state index < -0.39 is 0 Å². The summed E-state index contributed by atoms with van der Waals surface area (Å²) in [6, 6.07) is 5.94. The predicted molar refractivity (Wildman–Crippen MR) is 69.9 cm³/mol. The molecule has 0 bridgehead atoms. The molecule has 1 aromatic rings. The molecule has 3 rings (SSSR count). The molecule has 1 unspecified atom stereocenters. The second kappa shape index (κ2) is 3.56. The first kappa shape index (κ1) is 10.3. The molecule has 1 atom stereocenters. The number of carbonyl (C=O) groups excluding carboxylic acids is 1. The second-order valence-corrected chi connectivity index (χ2v) is 4.73. The van der Waals surface area contributed by atoms with E-state index in [1.807, 2.05) is 18.2 Å². The van der Waals surface area contributed by atoms with Gasteiger partial charge in [-0.1, -0.05) is 49.4 Å². The van der Waals surface area contributed by atoms with E-state index in [0.29, 0.717) is 5.92 Å². The zero-order valence-corrected chi connectivity index (χ0v) is 10.0. The Hall–Kier alpha value is -1.89. The molecule has 1 heteroatoms. The Morgan fingerprint density at radius 1 is 1.06 bits per heavy atom. The van der Waals surface area contributed by atoms with Gasteiger partial charge < -0.3 is 0 Å². The lowest BCUT2D eigenvalue weighted by atomic mass is 9.99. The number of allylic oxidation sites excluding steroid dienone is 6. The lowest BCUT2D eigenvalue weighted by Gasteiger charge is -2.04. The molecule has 1 aromatic carbocycles. The molecule has 0 saturated carbocycles. The maximum atomic E-state index is 12.3. The molecule has 0 aromatic heterocycles. The highest BCUT2D eigenvalue weighted by atomic mass is 16.1. The van der Waals surface area contributed by atoms with Crippen molar-refractivity contribution < 1.29 is 4.79 Å². The third-order valence-electron chi connectivity index (χ3n) is 3.45. The van der Waals surface area contributed by atoms with Gasteiger partial charge in [0.05, 0.1) is 0 Å². The second-order valence-electron chi connectivity index (χ2n) is 4.73. The highest BCUT2D eigenvalue weighted by Crippen LogP contribution is 2.37. The van der Waals surface area contributed by atoms with Crippen molar-refractivity contribution in [2.24, 2.45) is 5.92 Å². The molecule has 0 N–H and O–H groups in total. The van der Waals surface area contributed by atoms with Gasteiger partial charge in [0.25, 0.3) is 0 Å². The third kappa shape index (κ3) is 1.42. The average molecular weight is 222 g/mol. The van der Waals surface area contributed by atoms with Gasteiger partial charge in [-0.15, -0.1) is 0 Å². The summed E-state index contributed by atoms with van der Waals surface area (Å²) < 4.78 is 0. The molecule has 0 radical (unpaired) electrons. The number of Topliss-reactive ketones (excluding diaryl/α,β-unsaturated/α-hetero) is 1. The van der Waals surface area contributed by atoms with Crippen LogP contribution in [0.4, 0.5) is 0 Å². The summed E-state index contributed by atoms with van der Waals surface area (Å²) in [6.07, 6.45) is 8.30. The summed E-state index contributed by atoms with van der Waals surface area (Å²) in [5.41, 5.74) is 5.06. The highest BCUT2D eigenvalue weighted by Gasteiger charge is 2.28. The van der Waals surface area contributed by atoms with E-state index in [2.05, 4.69) is 38.1 Å². The van der Waals surface area contributed by atoms with Gasteiger partial charge in [-0.25, -0.2) is 0 Å². The van der Waals surface area contributed by atoms with Crippen molar-refractivity contribution in [2.45, 2.75) is 13.8 Å². The Morgan fingerprint density at radius 2 is 1.76 bits per heavy atom. The van der Waals surface area contributed by atoms with Crippen LogP contribution in [-0.2, 0) is 0 Å². The quantitative estimate of drug-likeness (QED) is 0.654. The molecule has 2 aliphatic carbocycles. The topological polar surface area (TPSA) is 17.1 Å². The van der Waals surface area contributed by atoms with Crippen molar-refractivity contribution in [3.63, 3.8) is 0 Å². The van der Waals surface area contributed by atoms with E-state index in [1.54, 1.807) is 0 Å². The van der Waals surface area contributed by atoms with Crippen molar-refractivity contribution >= 4 is 11.4 Å². The van der Waals surface area contributed by atoms with E-state index in [1.165, 1.54) is 5.56 Å². The molecular formula is C16H14O. The summed E-state index contributed by atoms with van der Waals surface area (Å²) in [5.74, 6) is 0.551. The van der Waals surface area contributed by atoms with Crippen LogP contribution in [0.1, 0.15) is 28.4 Å². The van der Waals surface area contributed by atoms with E-state index in [-0.39, 0.29) is 5.78 Å². The number of benzene rings is 1. The number of fused-ring (bicyclic) bond motifs is 2. The number of hydrogen-bond acceptors (Lipinski definition) is 1. The molecule has 1 nitrogen and oxygen atoms in total. The van der Waals surface area contributed by atoms with Gasteiger partial charge in [0.15, 0.2) is 5.78 Å². The van der Waals surface area contributed by atoms with Crippen LogP contribution in [0.5, 0.6) is 0 Å². The molecule has 0 fully saturated rings. The van der Waals surface area contributed by atoms with Gasteiger partial charge in [0.1, 0.15) is 0 Å². The molecular weight excluding hydrogens is 208 g/mol. The minimum atomic E-state index is 0.161. The van der Waals surface area contributed by atoms with E-state index in [4.69, 9.17) is 0 Å². The van der Waals surface area contributed by atoms with E-state index >= 15 is 0 Å². The standard InChI is InChI=1S/C16H14O/c1-10-6-8-12-13(9-7-10)16(17)14-5-3-4-11(2)15(12)14/h3-10H,1-2H3. The first-order valence-corrected chi connectivity index (χ1v) is 5.94. The van der Waals surface area contributed by atoms with Gasteiger partial charge in [-0.05, 0) is 29.5 Å². The molecule has 84 valence electrons. The van der Waals surface area contributed by atoms with Crippen LogP contribution < -0.4 is 0 Å². The Kier molecular flexibility index (Phi) is 2.15. The van der Waals surface area contributed by atoms with Crippen LogP contribution in [-0.4, -0.2) is 5.78 Å². The van der Waals surface area contributed by atoms with E-state index in [0.717, 1.165) is 22.3 Å². The van der Waals surface area contributed by atoms with Crippen LogP contribution in [0.3, 0.4) is 0 Å². The fraction of sp³-hybridized carbons (Fsp3) is 0.188. The van der Waals surface area contributed by atoms with Crippen LogP contribution in [0.25, 0.3) is 5.57 Å². The van der Waals surface area contributed by atoms with E-state index in [9.17, 15) is 4.79 Å². The van der Waals surface area contributed by atoms with Crippen LogP contribution >= 0.6 is 0 Å². The van der Waals surface area contributed by atoms with Crippen LogP contribution in [0, 0.1) is 12.8 Å². The number of aryl methyl sites for hydroxylation is 1. The number of hydrogen-bond donors (Lipinski definition) is 0. The van der Waals surface area contributed by atoms with Crippen LogP contribution in [0.15, 0.2) is 48.1 Å². The molecule has 0 amide bonds. The van der Waals surface area contributed by atoms with Gasteiger partial charge >= 0.3 is 0 Å². The van der Waals surface area contributed by atoms with Crippen LogP contribution in [0.2, 0.25) is 0 Å².